The van der Waals surface area contributed by atoms with Crippen LogP contribution in [0, 0.1) is 0 Å². The number of carbonyl (C=O) groups is 1. The molecule has 0 radical (unpaired) electrons. The summed E-state index contributed by atoms with van der Waals surface area (Å²) in [6.07, 6.45) is -0.345. The summed E-state index contributed by atoms with van der Waals surface area (Å²) in [4.78, 5) is 41.6. The van der Waals surface area contributed by atoms with Crippen LogP contribution in [-0.2, 0) is 23.6 Å². The Morgan fingerprint density at radius 1 is 1.38 bits per heavy atom. The molecule has 0 aliphatic heterocycles. The van der Waals surface area contributed by atoms with Crippen molar-refractivity contribution in [3.8, 4) is 0 Å². The van der Waals surface area contributed by atoms with E-state index in [4.69, 9.17) is 4.74 Å². The third-order valence-electron chi connectivity index (χ3n) is 3.02. The molecular weight excluding hydrogens is 278 g/mol. The number of hydrogen-bond acceptors (Lipinski definition) is 6. The maximum absolute atomic E-state index is 12.0. The number of nitrogens with zero attached hydrogens (tertiary/aromatic N) is 3. The first kappa shape index (κ1) is 14.8. The summed E-state index contributed by atoms with van der Waals surface area (Å²) in [5, 5.41) is 2.93. The van der Waals surface area contributed by atoms with Crippen LogP contribution in [0.15, 0.2) is 9.59 Å². The fourth-order valence-electron chi connectivity index (χ4n) is 1.98. The van der Waals surface area contributed by atoms with Crippen LogP contribution < -0.4 is 16.6 Å². The lowest BCUT2D eigenvalue weighted by Gasteiger charge is -2.11. The van der Waals surface area contributed by atoms with E-state index in [0.29, 0.717) is 12.5 Å². The number of fused-ring (bicyclic) bond motifs is 1. The van der Waals surface area contributed by atoms with E-state index in [1.165, 1.54) is 25.6 Å². The minimum atomic E-state index is -0.446. The Bertz CT molecular complexity index is 800. The van der Waals surface area contributed by atoms with Crippen molar-refractivity contribution < 1.29 is 9.53 Å². The number of H-pyrrole nitrogens is 1. The lowest BCUT2D eigenvalue weighted by Crippen LogP contribution is -2.36. The number of rotatable bonds is 4. The number of carbonyl (C=O) groups excluding carboxylic acids is 1. The number of imidazole rings is 1. The topological polar surface area (TPSA) is 111 Å². The molecule has 9 nitrogen and oxygen atoms in total. The Hall–Kier alpha value is -2.58. The Kier molecular flexibility index (Phi) is 3.83. The highest BCUT2D eigenvalue weighted by Gasteiger charge is 2.14. The molecule has 2 aromatic rings. The summed E-state index contributed by atoms with van der Waals surface area (Å²) in [7, 11) is 2.94. The smallest absolute Gasteiger partial charge is 0.332 e. The number of hydrogen-bond donors (Lipinski definition) is 2. The molecule has 2 heterocycles. The standard InChI is InChI=1S/C12H17N5O4/c1-6(21-7(2)18)5-13-11-14-8-9(15-11)16(3)12(20)17(4)10(8)19/h6H,5H2,1-4H3,(H2,13,14,15)/t6-/m1/s1. The van der Waals surface area contributed by atoms with E-state index in [0.717, 1.165) is 4.57 Å². The molecule has 2 rings (SSSR count). The molecule has 114 valence electrons. The molecule has 0 fully saturated rings. The van der Waals surface area contributed by atoms with Gasteiger partial charge < -0.3 is 15.0 Å². The minimum absolute atomic E-state index is 0.238. The fraction of sp³-hybridized carbons (Fsp3) is 0.500. The van der Waals surface area contributed by atoms with E-state index in [9.17, 15) is 14.4 Å². The summed E-state index contributed by atoms with van der Waals surface area (Å²) >= 11 is 0. The van der Waals surface area contributed by atoms with Gasteiger partial charge in [-0.2, -0.15) is 4.98 Å². The van der Waals surface area contributed by atoms with Gasteiger partial charge in [0.15, 0.2) is 11.2 Å². The van der Waals surface area contributed by atoms with Crippen LogP contribution >= 0.6 is 0 Å². The predicted molar refractivity (Wildman–Crippen MR) is 76.3 cm³/mol. The molecule has 2 N–H and O–H groups in total. The number of anilines is 1. The lowest BCUT2D eigenvalue weighted by atomic mass is 10.4. The van der Waals surface area contributed by atoms with E-state index < -0.39 is 11.2 Å². The molecule has 0 amide bonds. The Morgan fingerprint density at radius 3 is 2.67 bits per heavy atom. The fourth-order valence-corrected chi connectivity index (χ4v) is 1.98. The number of nitrogens with one attached hydrogen (secondary N) is 2. The van der Waals surface area contributed by atoms with Gasteiger partial charge in [0.2, 0.25) is 5.95 Å². The van der Waals surface area contributed by atoms with E-state index in [-0.39, 0.29) is 23.2 Å². The average Bonchev–Trinajstić information content (AvgIpc) is 2.84. The van der Waals surface area contributed by atoms with Gasteiger partial charge in [-0.05, 0) is 6.92 Å². The van der Waals surface area contributed by atoms with E-state index >= 15 is 0 Å². The van der Waals surface area contributed by atoms with Crippen LogP contribution in [0.1, 0.15) is 13.8 Å². The van der Waals surface area contributed by atoms with E-state index in [1.807, 2.05) is 0 Å². The first-order valence-corrected chi connectivity index (χ1v) is 6.38. The van der Waals surface area contributed by atoms with Crippen molar-refractivity contribution in [3.63, 3.8) is 0 Å². The SMILES string of the molecule is CC(=O)O[C@H](C)CNc1nc2c([nH]1)c(=O)n(C)c(=O)n2C. The van der Waals surface area contributed by atoms with Crippen molar-refractivity contribution >= 4 is 23.1 Å². The van der Waals surface area contributed by atoms with Crippen molar-refractivity contribution in [2.75, 3.05) is 11.9 Å². The van der Waals surface area contributed by atoms with Gasteiger partial charge in [0.25, 0.3) is 5.56 Å². The highest BCUT2D eigenvalue weighted by Crippen LogP contribution is 2.08. The molecule has 0 aromatic carbocycles. The molecule has 21 heavy (non-hydrogen) atoms. The van der Waals surface area contributed by atoms with Crippen molar-refractivity contribution in [2.24, 2.45) is 14.1 Å². The molecular formula is C12H17N5O4. The van der Waals surface area contributed by atoms with Crippen LogP contribution in [0.5, 0.6) is 0 Å². The lowest BCUT2D eigenvalue weighted by molar-refractivity contribution is -0.144. The molecule has 0 unspecified atom stereocenters. The van der Waals surface area contributed by atoms with Gasteiger partial charge in [0.1, 0.15) is 6.10 Å². The number of aryl methyl sites for hydroxylation is 1. The normalized spacial score (nSPS) is 12.4. The molecule has 0 aliphatic carbocycles. The van der Waals surface area contributed by atoms with Crippen LogP contribution in [0.3, 0.4) is 0 Å². The number of aromatic nitrogens is 4. The monoisotopic (exact) mass is 295 g/mol. The highest BCUT2D eigenvalue weighted by atomic mass is 16.5. The predicted octanol–water partition coefficient (Wildman–Crippen LogP) is -0.676. The quantitative estimate of drug-likeness (QED) is 0.723. The molecule has 0 spiro atoms. The summed E-state index contributed by atoms with van der Waals surface area (Å²) in [6.45, 7) is 3.39. The summed E-state index contributed by atoms with van der Waals surface area (Å²) in [6, 6.07) is 0. The Labute approximate surface area is 119 Å². The summed E-state index contributed by atoms with van der Waals surface area (Å²) < 4.78 is 7.26. The zero-order valence-electron chi connectivity index (χ0n) is 12.3. The van der Waals surface area contributed by atoms with Gasteiger partial charge >= 0.3 is 11.7 Å². The Morgan fingerprint density at radius 2 is 2.05 bits per heavy atom. The highest BCUT2D eigenvalue weighted by molar-refractivity contribution is 5.72. The summed E-state index contributed by atoms with van der Waals surface area (Å²) in [5.41, 5.74) is -0.381. The summed E-state index contributed by atoms with van der Waals surface area (Å²) in [5.74, 6) is -0.0347. The molecule has 0 aliphatic rings. The molecule has 2 aromatic heterocycles. The molecule has 1 atom stereocenters. The first-order valence-electron chi connectivity index (χ1n) is 6.38. The van der Waals surface area contributed by atoms with Gasteiger partial charge in [-0.3, -0.25) is 18.7 Å². The van der Waals surface area contributed by atoms with Crippen LogP contribution in [0.2, 0.25) is 0 Å². The zero-order chi connectivity index (χ0) is 15.7. The molecule has 0 saturated carbocycles. The maximum Gasteiger partial charge on any atom is 0.332 e. The second kappa shape index (κ2) is 5.43. The van der Waals surface area contributed by atoms with Crippen LogP contribution in [-0.4, -0.2) is 37.7 Å². The van der Waals surface area contributed by atoms with Gasteiger partial charge in [-0.15, -0.1) is 0 Å². The number of aromatic amines is 1. The van der Waals surface area contributed by atoms with Crippen molar-refractivity contribution in [3.05, 3.63) is 20.8 Å². The zero-order valence-corrected chi connectivity index (χ0v) is 12.3. The van der Waals surface area contributed by atoms with Gasteiger partial charge in [-0.1, -0.05) is 0 Å². The van der Waals surface area contributed by atoms with Crippen LogP contribution in [0.25, 0.3) is 11.2 Å². The van der Waals surface area contributed by atoms with E-state index in [1.54, 1.807) is 6.92 Å². The van der Waals surface area contributed by atoms with Gasteiger partial charge in [0.05, 0.1) is 6.54 Å². The Balaban J connectivity index is 2.30. The van der Waals surface area contributed by atoms with Crippen molar-refractivity contribution in [1.82, 2.24) is 19.1 Å². The van der Waals surface area contributed by atoms with Gasteiger partial charge in [0, 0.05) is 21.0 Å². The molecule has 0 saturated heterocycles. The second-order valence-corrected chi connectivity index (χ2v) is 4.79. The van der Waals surface area contributed by atoms with Crippen molar-refractivity contribution in [2.45, 2.75) is 20.0 Å². The largest absolute Gasteiger partial charge is 0.461 e. The number of ether oxygens (including phenoxy) is 1. The third-order valence-corrected chi connectivity index (χ3v) is 3.02. The average molecular weight is 295 g/mol. The molecule has 9 heteroatoms. The minimum Gasteiger partial charge on any atom is -0.461 e. The second-order valence-electron chi connectivity index (χ2n) is 4.79. The third kappa shape index (κ3) is 2.81. The number of esters is 1. The first-order chi connectivity index (χ1) is 9.81. The maximum atomic E-state index is 12.0. The van der Waals surface area contributed by atoms with E-state index in [2.05, 4.69) is 15.3 Å². The molecule has 0 bridgehead atoms. The van der Waals surface area contributed by atoms with Gasteiger partial charge in [-0.25, -0.2) is 4.79 Å². The van der Waals surface area contributed by atoms with Crippen molar-refractivity contribution in [1.29, 1.82) is 0 Å². The van der Waals surface area contributed by atoms with Crippen LogP contribution in [0.4, 0.5) is 5.95 Å².